The maximum absolute atomic E-state index is 5.95. The van der Waals surface area contributed by atoms with Crippen molar-refractivity contribution >= 4 is 50.3 Å². The van der Waals surface area contributed by atoms with Gasteiger partial charge in [-0.3, -0.25) is 0 Å². The topological polar surface area (TPSA) is 37.8 Å². The zero-order valence-electron chi connectivity index (χ0n) is 10.3. The van der Waals surface area contributed by atoms with Crippen molar-refractivity contribution in [3.63, 3.8) is 0 Å². The monoisotopic (exact) mass is 309 g/mol. The molecule has 0 fully saturated rings. The SMILES string of the molecule is CC(Cc1cccs1)Nc1nc(Cl)nc2ccsc12. The van der Waals surface area contributed by atoms with Crippen LogP contribution in [0.4, 0.5) is 5.82 Å². The molecule has 1 N–H and O–H groups in total. The number of rotatable bonds is 4. The van der Waals surface area contributed by atoms with E-state index >= 15 is 0 Å². The van der Waals surface area contributed by atoms with E-state index in [4.69, 9.17) is 11.6 Å². The first-order valence-electron chi connectivity index (χ1n) is 5.92. The van der Waals surface area contributed by atoms with Gasteiger partial charge in [0, 0.05) is 17.3 Å². The first kappa shape index (κ1) is 12.8. The van der Waals surface area contributed by atoms with Crippen LogP contribution in [-0.4, -0.2) is 16.0 Å². The van der Waals surface area contributed by atoms with E-state index in [9.17, 15) is 0 Å². The summed E-state index contributed by atoms with van der Waals surface area (Å²) in [5.41, 5.74) is 0.899. The maximum Gasteiger partial charge on any atom is 0.224 e. The molecule has 0 aliphatic carbocycles. The number of nitrogens with one attached hydrogen (secondary N) is 1. The zero-order valence-corrected chi connectivity index (χ0v) is 12.6. The van der Waals surface area contributed by atoms with E-state index in [1.165, 1.54) is 4.88 Å². The first-order chi connectivity index (χ1) is 9.22. The lowest BCUT2D eigenvalue weighted by molar-refractivity contribution is 0.796. The molecule has 0 saturated carbocycles. The van der Waals surface area contributed by atoms with Crippen molar-refractivity contribution in [3.05, 3.63) is 39.1 Å². The summed E-state index contributed by atoms with van der Waals surface area (Å²) in [6.45, 7) is 2.15. The molecular formula is C13H12ClN3S2. The van der Waals surface area contributed by atoms with Crippen LogP contribution < -0.4 is 5.32 Å². The summed E-state index contributed by atoms with van der Waals surface area (Å²) in [6, 6.07) is 6.49. The van der Waals surface area contributed by atoms with Crippen LogP contribution in [0, 0.1) is 0 Å². The third-order valence-electron chi connectivity index (χ3n) is 2.75. The highest BCUT2D eigenvalue weighted by molar-refractivity contribution is 7.17. The average molecular weight is 310 g/mol. The Morgan fingerprint density at radius 1 is 1.26 bits per heavy atom. The van der Waals surface area contributed by atoms with Crippen LogP contribution in [0.1, 0.15) is 11.8 Å². The summed E-state index contributed by atoms with van der Waals surface area (Å²) in [5.74, 6) is 0.828. The van der Waals surface area contributed by atoms with Crippen LogP contribution in [-0.2, 0) is 6.42 Å². The maximum atomic E-state index is 5.95. The Hall–Kier alpha value is -1.17. The molecule has 3 nitrogen and oxygen atoms in total. The van der Waals surface area contributed by atoms with Crippen LogP contribution in [0.25, 0.3) is 10.2 Å². The van der Waals surface area contributed by atoms with E-state index in [1.54, 1.807) is 22.7 Å². The van der Waals surface area contributed by atoms with Gasteiger partial charge in [0.2, 0.25) is 5.28 Å². The molecule has 0 saturated heterocycles. The molecule has 98 valence electrons. The van der Waals surface area contributed by atoms with Crippen LogP contribution in [0.2, 0.25) is 5.28 Å². The third-order valence-corrected chi connectivity index (χ3v) is 4.72. The number of nitrogens with zero attached hydrogens (tertiary/aromatic N) is 2. The van der Waals surface area contributed by atoms with Crippen LogP contribution in [0.15, 0.2) is 29.0 Å². The molecule has 0 bridgehead atoms. The smallest absolute Gasteiger partial charge is 0.224 e. The van der Waals surface area contributed by atoms with E-state index in [0.717, 1.165) is 22.5 Å². The zero-order chi connectivity index (χ0) is 13.2. The van der Waals surface area contributed by atoms with Crippen molar-refractivity contribution in [1.82, 2.24) is 9.97 Å². The summed E-state index contributed by atoms with van der Waals surface area (Å²) in [4.78, 5) is 9.87. The van der Waals surface area contributed by atoms with Gasteiger partial charge in [0.15, 0.2) is 0 Å². The molecule has 3 aromatic rings. The summed E-state index contributed by atoms with van der Waals surface area (Å²) >= 11 is 9.35. The van der Waals surface area contributed by atoms with Gasteiger partial charge in [-0.2, -0.15) is 4.98 Å². The molecule has 3 rings (SSSR count). The third kappa shape index (κ3) is 2.88. The van der Waals surface area contributed by atoms with Gasteiger partial charge in [-0.25, -0.2) is 4.98 Å². The normalized spacial score (nSPS) is 12.7. The van der Waals surface area contributed by atoms with Gasteiger partial charge >= 0.3 is 0 Å². The number of thiophene rings is 2. The minimum atomic E-state index is 0.289. The van der Waals surface area contributed by atoms with Gasteiger partial charge in [-0.1, -0.05) is 6.07 Å². The highest BCUT2D eigenvalue weighted by Gasteiger charge is 2.11. The second-order valence-electron chi connectivity index (χ2n) is 4.31. The molecule has 1 atom stereocenters. The van der Waals surface area contributed by atoms with E-state index in [-0.39, 0.29) is 5.28 Å². The molecule has 3 aromatic heterocycles. The van der Waals surface area contributed by atoms with Gasteiger partial charge in [-0.15, -0.1) is 22.7 Å². The van der Waals surface area contributed by atoms with Crippen molar-refractivity contribution in [2.75, 3.05) is 5.32 Å². The van der Waals surface area contributed by atoms with Crippen molar-refractivity contribution in [3.8, 4) is 0 Å². The largest absolute Gasteiger partial charge is 0.366 e. The van der Waals surface area contributed by atoms with Crippen molar-refractivity contribution in [1.29, 1.82) is 0 Å². The summed E-state index contributed by atoms with van der Waals surface area (Å²) in [7, 11) is 0. The Morgan fingerprint density at radius 3 is 2.95 bits per heavy atom. The number of halogens is 1. The summed E-state index contributed by atoms with van der Waals surface area (Å²) in [6.07, 6.45) is 0.978. The molecule has 0 spiro atoms. The lowest BCUT2D eigenvalue weighted by atomic mass is 10.2. The summed E-state index contributed by atoms with van der Waals surface area (Å²) < 4.78 is 1.06. The minimum absolute atomic E-state index is 0.289. The summed E-state index contributed by atoms with van der Waals surface area (Å²) in [5, 5.41) is 7.82. The Bertz CT molecular complexity index is 678. The quantitative estimate of drug-likeness (QED) is 0.724. The van der Waals surface area contributed by atoms with Crippen LogP contribution in [0.5, 0.6) is 0 Å². The van der Waals surface area contributed by atoms with Crippen molar-refractivity contribution < 1.29 is 0 Å². The molecule has 19 heavy (non-hydrogen) atoms. The fraction of sp³-hybridized carbons (Fsp3) is 0.231. The van der Waals surface area contributed by atoms with Crippen LogP contribution in [0.3, 0.4) is 0 Å². The predicted molar refractivity (Wildman–Crippen MR) is 83.5 cm³/mol. The van der Waals surface area contributed by atoms with E-state index in [0.29, 0.717) is 6.04 Å². The molecule has 0 aromatic carbocycles. The molecule has 1 unspecified atom stereocenters. The molecule has 0 aliphatic heterocycles. The molecule has 6 heteroatoms. The van der Waals surface area contributed by atoms with E-state index in [1.807, 2.05) is 11.4 Å². The lowest BCUT2D eigenvalue weighted by Crippen LogP contribution is -2.18. The molecule has 0 radical (unpaired) electrons. The number of hydrogen-bond donors (Lipinski definition) is 1. The number of hydrogen-bond acceptors (Lipinski definition) is 5. The fourth-order valence-corrected chi connectivity index (χ4v) is 3.74. The Morgan fingerprint density at radius 2 is 2.16 bits per heavy atom. The van der Waals surface area contributed by atoms with Gasteiger partial charge in [0.1, 0.15) is 5.82 Å². The molecule has 0 amide bonds. The van der Waals surface area contributed by atoms with E-state index < -0.39 is 0 Å². The Balaban J connectivity index is 1.82. The van der Waals surface area contributed by atoms with Crippen molar-refractivity contribution in [2.24, 2.45) is 0 Å². The Labute approximate surface area is 124 Å². The highest BCUT2D eigenvalue weighted by Crippen LogP contribution is 2.28. The second-order valence-corrected chi connectivity index (χ2v) is 6.59. The fourth-order valence-electron chi connectivity index (χ4n) is 1.95. The van der Waals surface area contributed by atoms with Crippen LogP contribution >= 0.6 is 34.3 Å². The van der Waals surface area contributed by atoms with Gasteiger partial charge in [0.25, 0.3) is 0 Å². The number of anilines is 1. The average Bonchev–Trinajstić information content (AvgIpc) is 2.99. The second kappa shape index (κ2) is 5.45. The predicted octanol–water partition coefficient (Wildman–Crippen LogP) is 4.45. The van der Waals surface area contributed by atoms with E-state index in [2.05, 4.69) is 39.7 Å². The van der Waals surface area contributed by atoms with Gasteiger partial charge in [-0.05, 0) is 41.4 Å². The van der Waals surface area contributed by atoms with Gasteiger partial charge in [0.05, 0.1) is 10.2 Å². The Kier molecular flexibility index (Phi) is 3.68. The lowest BCUT2D eigenvalue weighted by Gasteiger charge is -2.14. The first-order valence-corrected chi connectivity index (χ1v) is 8.06. The number of aromatic nitrogens is 2. The minimum Gasteiger partial charge on any atom is -0.366 e. The number of fused-ring (bicyclic) bond motifs is 1. The van der Waals surface area contributed by atoms with Crippen molar-refractivity contribution in [2.45, 2.75) is 19.4 Å². The molecule has 0 aliphatic rings. The van der Waals surface area contributed by atoms with Gasteiger partial charge < -0.3 is 5.32 Å². The highest BCUT2D eigenvalue weighted by atomic mass is 35.5. The standard InChI is InChI=1S/C13H12ClN3S2/c1-8(7-9-3-2-5-18-9)15-12-11-10(4-6-19-11)16-13(14)17-12/h2-6,8H,7H2,1H3,(H,15,16,17). The molecular weight excluding hydrogens is 298 g/mol. The molecule has 3 heterocycles.